The molecule has 1 aliphatic carbocycles. The molecule has 1 heterocycles. The van der Waals surface area contributed by atoms with Gasteiger partial charge in [0.2, 0.25) is 0 Å². The smallest absolute Gasteiger partial charge is 0.0702 e. The highest BCUT2D eigenvalue weighted by Crippen LogP contribution is 2.60. The predicted octanol–water partition coefficient (Wildman–Crippen LogP) is 10.8. The molecule has 9 rings (SSSR count). The Morgan fingerprint density at radius 1 is 0.488 bits per heavy atom. The Labute approximate surface area is 239 Å². The number of hydrogen-bond acceptors (Lipinski definition) is 1. The van der Waals surface area contributed by atoms with Crippen molar-refractivity contribution in [2.24, 2.45) is 0 Å². The lowest BCUT2D eigenvalue weighted by molar-refractivity contribution is 0.670. The summed E-state index contributed by atoms with van der Waals surface area (Å²) in [6.07, 6.45) is 4.80. The molecule has 0 spiro atoms. The third-order valence-corrected chi connectivity index (χ3v) is 9.17. The van der Waals surface area contributed by atoms with Crippen LogP contribution < -0.4 is 4.90 Å². The molecule has 0 saturated heterocycles. The predicted molar refractivity (Wildman–Crippen MR) is 174 cm³/mol. The van der Waals surface area contributed by atoms with Crippen LogP contribution in [0.2, 0.25) is 0 Å². The van der Waals surface area contributed by atoms with Crippen LogP contribution in [0.3, 0.4) is 0 Å². The van der Waals surface area contributed by atoms with E-state index >= 15 is 0 Å². The lowest BCUT2D eigenvalue weighted by Crippen LogP contribution is -2.24. The maximum Gasteiger partial charge on any atom is 0.0702 e. The van der Waals surface area contributed by atoms with Crippen molar-refractivity contribution >= 4 is 49.8 Å². The summed E-state index contributed by atoms with van der Waals surface area (Å²) in [7, 11) is 0. The van der Waals surface area contributed by atoms with Crippen LogP contribution >= 0.6 is 0 Å². The van der Waals surface area contributed by atoms with E-state index in [-0.39, 0.29) is 12.0 Å². The molecule has 1 heteroatoms. The van der Waals surface area contributed by atoms with Crippen molar-refractivity contribution in [1.29, 1.82) is 0 Å². The van der Waals surface area contributed by atoms with Crippen molar-refractivity contribution in [2.75, 3.05) is 4.90 Å². The quantitative estimate of drug-likeness (QED) is 0.205. The Morgan fingerprint density at radius 3 is 2.02 bits per heavy atom. The van der Waals surface area contributed by atoms with Gasteiger partial charge in [-0.2, -0.15) is 0 Å². The van der Waals surface area contributed by atoms with Crippen molar-refractivity contribution in [3.8, 4) is 11.1 Å². The molecule has 192 valence electrons. The Bertz CT molecular complexity index is 2150. The van der Waals surface area contributed by atoms with Crippen LogP contribution in [0.25, 0.3) is 49.5 Å². The minimum absolute atomic E-state index is 0.182. The molecule has 0 saturated carbocycles. The first-order valence-electron chi connectivity index (χ1n) is 14.4. The van der Waals surface area contributed by atoms with Gasteiger partial charge in [0.1, 0.15) is 0 Å². The van der Waals surface area contributed by atoms with E-state index in [1.165, 1.54) is 71.5 Å². The van der Waals surface area contributed by atoms with Gasteiger partial charge in [0.15, 0.2) is 0 Å². The fourth-order valence-corrected chi connectivity index (χ4v) is 7.42. The van der Waals surface area contributed by atoms with Gasteiger partial charge in [-0.3, -0.25) is 0 Å². The summed E-state index contributed by atoms with van der Waals surface area (Å²) in [4.78, 5) is 2.64. The zero-order valence-electron chi connectivity index (χ0n) is 22.5. The Balaban J connectivity index is 1.39. The molecule has 0 fully saturated rings. The van der Waals surface area contributed by atoms with Crippen LogP contribution in [0.1, 0.15) is 28.7 Å². The van der Waals surface area contributed by atoms with Crippen LogP contribution in [0, 0.1) is 0 Å². The molecule has 0 radical (unpaired) electrons. The number of fused-ring (bicyclic) bond motifs is 12. The van der Waals surface area contributed by atoms with Crippen molar-refractivity contribution in [3.63, 3.8) is 0 Å². The molecule has 7 aromatic rings. The lowest BCUT2D eigenvalue weighted by Gasteiger charge is -2.33. The van der Waals surface area contributed by atoms with Crippen LogP contribution in [-0.4, -0.2) is 0 Å². The highest BCUT2D eigenvalue weighted by Gasteiger charge is 2.43. The van der Waals surface area contributed by atoms with E-state index in [2.05, 4.69) is 157 Å². The lowest BCUT2D eigenvalue weighted by atomic mass is 9.80. The van der Waals surface area contributed by atoms with Crippen molar-refractivity contribution in [1.82, 2.24) is 0 Å². The molecule has 0 amide bonds. The van der Waals surface area contributed by atoms with Crippen LogP contribution in [0.5, 0.6) is 0 Å². The monoisotopic (exact) mass is 521 g/mol. The van der Waals surface area contributed by atoms with E-state index in [9.17, 15) is 0 Å². The fourth-order valence-electron chi connectivity index (χ4n) is 7.42. The van der Waals surface area contributed by atoms with Gasteiger partial charge in [0, 0.05) is 17.0 Å². The number of rotatable bonds is 2. The molecule has 1 nitrogen and oxygen atoms in total. The summed E-state index contributed by atoms with van der Waals surface area (Å²) in [5.41, 5.74) is 9.20. The number of hydrogen-bond donors (Lipinski definition) is 0. The summed E-state index contributed by atoms with van der Waals surface area (Å²) < 4.78 is 0. The average molecular weight is 522 g/mol. The van der Waals surface area contributed by atoms with Crippen LogP contribution in [0.15, 0.2) is 146 Å². The summed E-state index contributed by atoms with van der Waals surface area (Å²) in [6.45, 7) is 0. The van der Waals surface area contributed by atoms with E-state index in [4.69, 9.17) is 0 Å². The van der Waals surface area contributed by atoms with Crippen LogP contribution in [0.4, 0.5) is 11.4 Å². The molecular weight excluding hydrogens is 494 g/mol. The molecule has 0 aromatic heterocycles. The minimum atomic E-state index is 0.182. The summed E-state index contributed by atoms with van der Waals surface area (Å²) >= 11 is 0. The topological polar surface area (TPSA) is 3.24 Å². The van der Waals surface area contributed by atoms with Gasteiger partial charge in [-0.1, -0.05) is 140 Å². The Morgan fingerprint density at radius 2 is 1.17 bits per heavy atom. The number of nitrogens with zero attached hydrogens (tertiary/aromatic N) is 1. The summed E-state index contributed by atoms with van der Waals surface area (Å²) in [6, 6.07) is 51.5. The molecular formula is C40H27N. The fraction of sp³-hybridized carbons (Fsp3) is 0.0500. The second-order valence-electron chi connectivity index (χ2n) is 11.3. The third kappa shape index (κ3) is 3.24. The average Bonchev–Trinajstić information content (AvgIpc) is 3.41. The van der Waals surface area contributed by atoms with Crippen LogP contribution in [-0.2, 0) is 0 Å². The molecule has 2 atom stereocenters. The summed E-state index contributed by atoms with van der Waals surface area (Å²) in [5.74, 6) is 0.242. The standard InChI is InChI=1S/C40H27N/c1-2-10-26(11-3-1)27-18-22-30(23-19-27)41-39-32-15-7-5-13-29(32)21-25-36(39)38-37-31-14-6-4-12-28(31)20-24-34(37)33-16-8-9-17-35(33)40(38)41/h1-25,36,39H. The first-order valence-corrected chi connectivity index (χ1v) is 14.4. The second-order valence-corrected chi connectivity index (χ2v) is 11.3. The molecule has 1 aliphatic heterocycles. The van der Waals surface area contributed by atoms with E-state index in [1.54, 1.807) is 0 Å². The first kappa shape index (κ1) is 22.7. The van der Waals surface area contributed by atoms with Gasteiger partial charge < -0.3 is 4.90 Å². The molecule has 2 unspecified atom stereocenters. The highest BCUT2D eigenvalue weighted by molar-refractivity contribution is 6.24. The van der Waals surface area contributed by atoms with Gasteiger partial charge >= 0.3 is 0 Å². The molecule has 0 N–H and O–H groups in total. The second kappa shape index (κ2) is 8.68. The third-order valence-electron chi connectivity index (χ3n) is 9.17. The summed E-state index contributed by atoms with van der Waals surface area (Å²) in [5, 5.41) is 7.98. The Hall–Kier alpha value is -5.14. The maximum atomic E-state index is 2.64. The first-order chi connectivity index (χ1) is 20.4. The van der Waals surface area contributed by atoms with Gasteiger partial charge in [-0.15, -0.1) is 0 Å². The van der Waals surface area contributed by atoms with Crippen molar-refractivity contribution in [3.05, 3.63) is 162 Å². The molecule has 0 bridgehead atoms. The van der Waals surface area contributed by atoms with Crippen molar-refractivity contribution < 1.29 is 0 Å². The van der Waals surface area contributed by atoms with Gasteiger partial charge in [0.05, 0.1) is 11.7 Å². The van der Waals surface area contributed by atoms with E-state index in [0.29, 0.717) is 0 Å². The van der Waals surface area contributed by atoms with Gasteiger partial charge in [-0.25, -0.2) is 0 Å². The van der Waals surface area contributed by atoms with Crippen molar-refractivity contribution in [2.45, 2.75) is 12.0 Å². The molecule has 7 aromatic carbocycles. The van der Waals surface area contributed by atoms with Gasteiger partial charge in [-0.05, 0) is 66.9 Å². The van der Waals surface area contributed by atoms with E-state index in [1.807, 2.05) is 0 Å². The Kier molecular flexibility index (Phi) is 4.80. The zero-order valence-corrected chi connectivity index (χ0v) is 22.5. The minimum Gasteiger partial charge on any atom is -0.332 e. The normalized spacial score (nSPS) is 17.1. The number of anilines is 2. The van der Waals surface area contributed by atoms with E-state index < -0.39 is 0 Å². The SMILES string of the molecule is C1=CC2c3c(c4ccccc4c4ccc5ccccc5c34)N(c3ccc(-c4ccccc4)cc3)C2c2ccccc21. The number of benzene rings is 7. The maximum absolute atomic E-state index is 2.64. The van der Waals surface area contributed by atoms with E-state index in [0.717, 1.165) is 0 Å². The zero-order chi connectivity index (χ0) is 26.9. The van der Waals surface area contributed by atoms with Gasteiger partial charge in [0.25, 0.3) is 0 Å². The molecule has 2 aliphatic rings. The highest BCUT2D eigenvalue weighted by atomic mass is 15.2. The largest absolute Gasteiger partial charge is 0.332 e. The molecule has 41 heavy (non-hydrogen) atoms.